The number of hydrogen-bond acceptors (Lipinski definition) is 8. The van der Waals surface area contributed by atoms with Gasteiger partial charge >= 0.3 is 11.7 Å². The summed E-state index contributed by atoms with van der Waals surface area (Å²) in [5.74, 6) is -0.608. The number of aliphatic hydroxyl groups is 1. The number of aromatic nitrogens is 3. The SMILES string of the molecule is CC(=O)OC1C[C@H](n2cnc(N)nc2=O)O[C@@H]1CO. The molecule has 0 aliphatic carbocycles. The summed E-state index contributed by atoms with van der Waals surface area (Å²) in [4.78, 5) is 29.8. The highest BCUT2D eigenvalue weighted by atomic mass is 16.6. The molecule has 0 saturated carbocycles. The Balaban J connectivity index is 2.19. The van der Waals surface area contributed by atoms with Gasteiger partial charge in [-0.05, 0) is 0 Å². The minimum absolute atomic E-state index is 0.130. The lowest BCUT2D eigenvalue weighted by Gasteiger charge is -2.15. The predicted molar refractivity (Wildman–Crippen MR) is 61.9 cm³/mol. The minimum Gasteiger partial charge on any atom is -0.460 e. The molecule has 0 aromatic carbocycles. The molecule has 1 aromatic heterocycles. The molecular formula is C10H14N4O5. The average molecular weight is 270 g/mol. The molecule has 2 rings (SSSR count). The molecular weight excluding hydrogens is 256 g/mol. The van der Waals surface area contributed by atoms with Crippen LogP contribution >= 0.6 is 0 Å². The Labute approximate surface area is 108 Å². The Bertz CT molecular complexity index is 531. The van der Waals surface area contributed by atoms with Gasteiger partial charge in [0, 0.05) is 13.3 Å². The third-order valence-corrected chi connectivity index (χ3v) is 2.73. The van der Waals surface area contributed by atoms with Crippen molar-refractivity contribution in [1.82, 2.24) is 14.5 Å². The lowest BCUT2D eigenvalue weighted by molar-refractivity contribution is -0.150. The third-order valence-electron chi connectivity index (χ3n) is 2.73. The summed E-state index contributed by atoms with van der Waals surface area (Å²) >= 11 is 0. The molecule has 1 aliphatic rings. The zero-order chi connectivity index (χ0) is 14.0. The second-order valence-electron chi connectivity index (χ2n) is 4.10. The molecule has 0 bridgehead atoms. The molecule has 1 aromatic rings. The summed E-state index contributed by atoms with van der Waals surface area (Å²) in [7, 11) is 0. The van der Waals surface area contributed by atoms with E-state index in [9.17, 15) is 14.7 Å². The normalized spacial score (nSPS) is 26.3. The van der Waals surface area contributed by atoms with Crippen LogP contribution in [-0.4, -0.2) is 44.4 Å². The van der Waals surface area contributed by atoms with Gasteiger partial charge in [-0.25, -0.2) is 9.78 Å². The largest absolute Gasteiger partial charge is 0.460 e. The lowest BCUT2D eigenvalue weighted by atomic mass is 10.2. The van der Waals surface area contributed by atoms with Crippen LogP contribution in [0.4, 0.5) is 5.95 Å². The Hall–Kier alpha value is -2.00. The van der Waals surface area contributed by atoms with Gasteiger partial charge in [0.2, 0.25) is 5.95 Å². The van der Waals surface area contributed by atoms with Crippen LogP contribution in [0, 0.1) is 0 Å². The highest BCUT2D eigenvalue weighted by Crippen LogP contribution is 2.29. The van der Waals surface area contributed by atoms with Crippen molar-refractivity contribution in [3.63, 3.8) is 0 Å². The van der Waals surface area contributed by atoms with Crippen molar-refractivity contribution in [2.45, 2.75) is 31.8 Å². The van der Waals surface area contributed by atoms with Crippen molar-refractivity contribution in [2.24, 2.45) is 0 Å². The van der Waals surface area contributed by atoms with Crippen LogP contribution in [0.15, 0.2) is 11.1 Å². The fraction of sp³-hybridized carbons (Fsp3) is 0.600. The Morgan fingerprint density at radius 1 is 1.74 bits per heavy atom. The lowest BCUT2D eigenvalue weighted by Crippen LogP contribution is -2.29. The van der Waals surface area contributed by atoms with E-state index in [0.29, 0.717) is 0 Å². The van der Waals surface area contributed by atoms with Gasteiger partial charge in [-0.2, -0.15) is 4.98 Å². The molecule has 9 nitrogen and oxygen atoms in total. The Morgan fingerprint density at radius 2 is 2.47 bits per heavy atom. The molecule has 1 unspecified atom stereocenters. The van der Waals surface area contributed by atoms with Crippen molar-refractivity contribution >= 4 is 11.9 Å². The highest BCUT2D eigenvalue weighted by molar-refractivity contribution is 5.66. The molecule has 104 valence electrons. The average Bonchev–Trinajstić information content (AvgIpc) is 2.71. The first-order chi connectivity index (χ1) is 9.01. The number of esters is 1. The summed E-state index contributed by atoms with van der Waals surface area (Å²) < 4.78 is 11.6. The van der Waals surface area contributed by atoms with Gasteiger partial charge in [-0.1, -0.05) is 0 Å². The molecule has 3 N–H and O–H groups in total. The number of ether oxygens (including phenoxy) is 2. The topological polar surface area (TPSA) is 130 Å². The molecule has 19 heavy (non-hydrogen) atoms. The van der Waals surface area contributed by atoms with Crippen LogP contribution in [-0.2, 0) is 14.3 Å². The number of aliphatic hydroxyl groups excluding tert-OH is 1. The number of nitrogens with zero attached hydrogens (tertiary/aromatic N) is 3. The van der Waals surface area contributed by atoms with Crippen molar-refractivity contribution in [3.8, 4) is 0 Å². The van der Waals surface area contributed by atoms with E-state index >= 15 is 0 Å². The minimum atomic E-state index is -0.699. The monoisotopic (exact) mass is 270 g/mol. The van der Waals surface area contributed by atoms with Crippen LogP contribution in [0.5, 0.6) is 0 Å². The van der Waals surface area contributed by atoms with Crippen LogP contribution in [0.2, 0.25) is 0 Å². The number of carbonyl (C=O) groups excluding carboxylic acids is 1. The van der Waals surface area contributed by atoms with Crippen LogP contribution in [0.25, 0.3) is 0 Å². The van der Waals surface area contributed by atoms with E-state index < -0.39 is 30.1 Å². The number of carbonyl (C=O) groups is 1. The number of rotatable bonds is 3. The van der Waals surface area contributed by atoms with Gasteiger partial charge in [0.05, 0.1) is 6.61 Å². The third kappa shape index (κ3) is 2.88. The standard InChI is InChI=1S/C10H14N4O5/c1-5(16)18-6-2-8(19-7(6)3-15)14-4-12-9(11)13-10(14)17/h4,6-8,15H,2-3H2,1H3,(H2,11,13,17)/t6?,7-,8-/m1/s1. The molecule has 1 fully saturated rings. The van der Waals surface area contributed by atoms with E-state index in [1.54, 1.807) is 0 Å². The smallest absolute Gasteiger partial charge is 0.354 e. The predicted octanol–water partition coefficient (Wildman–Crippen LogP) is -1.57. The number of hydrogen-bond donors (Lipinski definition) is 2. The Kier molecular flexibility index (Phi) is 3.76. The van der Waals surface area contributed by atoms with Gasteiger partial charge in [0.25, 0.3) is 0 Å². The van der Waals surface area contributed by atoms with Crippen LogP contribution in [0.3, 0.4) is 0 Å². The first kappa shape index (κ1) is 13.4. The van der Waals surface area contributed by atoms with E-state index in [0.717, 1.165) is 4.57 Å². The number of nitrogens with two attached hydrogens (primary N) is 1. The molecule has 0 spiro atoms. The number of anilines is 1. The quantitative estimate of drug-likeness (QED) is 0.630. The van der Waals surface area contributed by atoms with Crippen LogP contribution < -0.4 is 11.4 Å². The van der Waals surface area contributed by atoms with Gasteiger partial charge in [0.15, 0.2) is 0 Å². The van der Waals surface area contributed by atoms with E-state index in [4.69, 9.17) is 15.2 Å². The van der Waals surface area contributed by atoms with Crippen molar-refractivity contribution in [2.75, 3.05) is 12.3 Å². The maximum Gasteiger partial charge on any atom is 0.354 e. The molecule has 9 heteroatoms. The Morgan fingerprint density at radius 3 is 3.05 bits per heavy atom. The van der Waals surface area contributed by atoms with E-state index in [1.165, 1.54) is 13.3 Å². The van der Waals surface area contributed by atoms with Crippen LogP contribution in [0.1, 0.15) is 19.6 Å². The fourth-order valence-corrected chi connectivity index (χ4v) is 1.93. The first-order valence-electron chi connectivity index (χ1n) is 5.65. The summed E-state index contributed by atoms with van der Waals surface area (Å²) in [6, 6.07) is 0. The van der Waals surface area contributed by atoms with E-state index in [2.05, 4.69) is 9.97 Å². The van der Waals surface area contributed by atoms with Crippen molar-refractivity contribution in [1.29, 1.82) is 0 Å². The second kappa shape index (κ2) is 5.33. The molecule has 3 atom stereocenters. The summed E-state index contributed by atoms with van der Waals surface area (Å²) in [5, 5.41) is 9.17. The van der Waals surface area contributed by atoms with Crippen molar-refractivity contribution < 1.29 is 19.4 Å². The molecule has 1 saturated heterocycles. The van der Waals surface area contributed by atoms with Crippen molar-refractivity contribution in [3.05, 3.63) is 16.8 Å². The molecule has 2 heterocycles. The zero-order valence-electron chi connectivity index (χ0n) is 10.2. The summed E-state index contributed by atoms with van der Waals surface area (Å²) in [6.07, 6.45) is -0.553. The fourth-order valence-electron chi connectivity index (χ4n) is 1.93. The summed E-state index contributed by atoms with van der Waals surface area (Å²) in [6.45, 7) is 0.944. The zero-order valence-corrected chi connectivity index (χ0v) is 10.2. The van der Waals surface area contributed by atoms with Gasteiger partial charge in [-0.15, -0.1) is 0 Å². The van der Waals surface area contributed by atoms with E-state index in [1.807, 2.05) is 0 Å². The van der Waals surface area contributed by atoms with Gasteiger partial charge in [-0.3, -0.25) is 9.36 Å². The summed E-state index contributed by atoms with van der Waals surface area (Å²) in [5.41, 5.74) is 4.67. The highest BCUT2D eigenvalue weighted by Gasteiger charge is 2.38. The molecule has 1 aliphatic heterocycles. The van der Waals surface area contributed by atoms with Gasteiger partial charge < -0.3 is 20.3 Å². The number of nitrogen functional groups attached to an aromatic ring is 1. The maximum atomic E-state index is 11.6. The van der Waals surface area contributed by atoms with Gasteiger partial charge in [0.1, 0.15) is 24.8 Å². The van der Waals surface area contributed by atoms with E-state index in [-0.39, 0.29) is 19.0 Å². The maximum absolute atomic E-state index is 11.6. The second-order valence-corrected chi connectivity index (χ2v) is 4.10. The first-order valence-corrected chi connectivity index (χ1v) is 5.65. The molecule has 0 radical (unpaired) electrons. The molecule has 0 amide bonds.